The zero-order chi connectivity index (χ0) is 18.0. The lowest BCUT2D eigenvalue weighted by Crippen LogP contribution is -2.37. The lowest BCUT2D eigenvalue weighted by Gasteiger charge is -2.35. The Labute approximate surface area is 147 Å². The van der Waals surface area contributed by atoms with Crippen LogP contribution in [-0.4, -0.2) is 36.7 Å². The summed E-state index contributed by atoms with van der Waals surface area (Å²) in [6, 6.07) is 5.59. The van der Waals surface area contributed by atoms with Crippen LogP contribution < -0.4 is 0 Å². The van der Waals surface area contributed by atoms with Crippen molar-refractivity contribution in [1.29, 1.82) is 0 Å². The molecule has 134 valence electrons. The molecule has 3 rings (SSSR count). The van der Waals surface area contributed by atoms with Gasteiger partial charge in [-0.25, -0.2) is 4.68 Å². The van der Waals surface area contributed by atoms with Gasteiger partial charge in [-0.3, -0.25) is 9.78 Å². The van der Waals surface area contributed by atoms with E-state index >= 15 is 0 Å². The van der Waals surface area contributed by atoms with Crippen molar-refractivity contribution in [1.82, 2.24) is 20.0 Å². The highest BCUT2D eigenvalue weighted by molar-refractivity contribution is 5.74. The number of aromatic nitrogens is 4. The van der Waals surface area contributed by atoms with Crippen LogP contribution >= 0.6 is 0 Å². The molecule has 7 nitrogen and oxygen atoms in total. The van der Waals surface area contributed by atoms with Gasteiger partial charge in [0.1, 0.15) is 11.7 Å². The highest BCUT2D eigenvalue weighted by atomic mass is 16.6. The maximum Gasteiger partial charge on any atom is 0.309 e. The number of ether oxygens (including phenoxy) is 1. The number of rotatable bonds is 5. The zero-order valence-electron chi connectivity index (χ0n) is 14.8. The first kappa shape index (κ1) is 17.5. The van der Waals surface area contributed by atoms with Gasteiger partial charge in [0.25, 0.3) is 0 Å². The summed E-state index contributed by atoms with van der Waals surface area (Å²) in [4.78, 5) is 16.2. The summed E-state index contributed by atoms with van der Waals surface area (Å²) in [5.74, 6) is -0.217. The van der Waals surface area contributed by atoms with Gasteiger partial charge in [-0.05, 0) is 45.7 Å². The number of esters is 1. The molecule has 25 heavy (non-hydrogen) atoms. The van der Waals surface area contributed by atoms with Crippen molar-refractivity contribution in [2.45, 2.75) is 57.8 Å². The second-order valence-corrected chi connectivity index (χ2v) is 7.52. The number of carbonyl (C=O) groups is 1. The van der Waals surface area contributed by atoms with E-state index in [-0.39, 0.29) is 17.9 Å². The van der Waals surface area contributed by atoms with Gasteiger partial charge in [-0.1, -0.05) is 11.3 Å². The second kappa shape index (κ2) is 6.92. The fraction of sp³-hybridized carbons (Fsp3) is 0.556. The molecule has 2 heterocycles. The van der Waals surface area contributed by atoms with Gasteiger partial charge < -0.3 is 9.84 Å². The van der Waals surface area contributed by atoms with E-state index in [2.05, 4.69) is 15.3 Å². The lowest BCUT2D eigenvalue weighted by atomic mass is 9.80. The predicted molar refractivity (Wildman–Crippen MR) is 90.5 cm³/mol. The topological polar surface area (TPSA) is 90.1 Å². The van der Waals surface area contributed by atoms with E-state index in [0.29, 0.717) is 30.7 Å². The zero-order valence-corrected chi connectivity index (χ0v) is 14.8. The number of hydrogen-bond donors (Lipinski definition) is 1. The lowest BCUT2D eigenvalue weighted by molar-refractivity contribution is -0.164. The molecule has 1 aliphatic rings. The molecule has 0 bridgehead atoms. The maximum absolute atomic E-state index is 12.0. The van der Waals surface area contributed by atoms with E-state index in [1.807, 2.05) is 39.1 Å². The largest absolute Gasteiger partial charge is 0.460 e. The Bertz CT molecular complexity index is 717. The molecule has 0 radical (unpaired) electrons. The second-order valence-electron chi connectivity index (χ2n) is 7.52. The van der Waals surface area contributed by atoms with Crippen molar-refractivity contribution in [3.8, 4) is 0 Å². The van der Waals surface area contributed by atoms with Crippen molar-refractivity contribution in [2.24, 2.45) is 5.92 Å². The Hall–Kier alpha value is -2.28. The maximum atomic E-state index is 12.0. The molecule has 0 aliphatic heterocycles. The van der Waals surface area contributed by atoms with Gasteiger partial charge in [0, 0.05) is 18.8 Å². The van der Waals surface area contributed by atoms with Crippen LogP contribution in [0.2, 0.25) is 0 Å². The van der Waals surface area contributed by atoms with Crippen molar-refractivity contribution in [3.63, 3.8) is 0 Å². The van der Waals surface area contributed by atoms with Gasteiger partial charge in [0.15, 0.2) is 0 Å². The summed E-state index contributed by atoms with van der Waals surface area (Å²) >= 11 is 0. The Morgan fingerprint density at radius 3 is 2.80 bits per heavy atom. The first-order valence-electron chi connectivity index (χ1n) is 8.54. The quantitative estimate of drug-likeness (QED) is 0.837. The smallest absolute Gasteiger partial charge is 0.309 e. The summed E-state index contributed by atoms with van der Waals surface area (Å²) in [6.45, 7) is 5.62. The molecule has 1 aliphatic carbocycles. The standard InChI is InChI=1S/C18H24N4O3/c1-18(2,3)25-17(24)12-8-14(9-12)22-11-13(20-21-22)10-16(23)15-6-4-5-7-19-15/h4-7,11-12,14,16,23H,8-10H2,1-3H3. The summed E-state index contributed by atoms with van der Waals surface area (Å²) in [5.41, 5.74) is 0.870. The van der Waals surface area contributed by atoms with Gasteiger partial charge in [0.05, 0.1) is 23.3 Å². The Morgan fingerprint density at radius 2 is 2.16 bits per heavy atom. The third kappa shape index (κ3) is 4.42. The van der Waals surface area contributed by atoms with Crippen LogP contribution in [0.5, 0.6) is 0 Å². The SMILES string of the molecule is CC(C)(C)OC(=O)C1CC(n2cc(CC(O)c3ccccn3)nn2)C1. The molecule has 1 atom stereocenters. The van der Waals surface area contributed by atoms with E-state index in [4.69, 9.17) is 4.74 Å². The fourth-order valence-corrected chi connectivity index (χ4v) is 2.84. The van der Waals surface area contributed by atoms with E-state index in [1.165, 1.54) is 0 Å². The summed E-state index contributed by atoms with van der Waals surface area (Å²) < 4.78 is 7.19. The number of hydrogen-bond acceptors (Lipinski definition) is 6. The molecule has 0 amide bonds. The van der Waals surface area contributed by atoms with Crippen LogP contribution in [-0.2, 0) is 16.0 Å². The number of aliphatic hydroxyl groups is 1. The first-order chi connectivity index (χ1) is 11.8. The molecule has 2 aromatic heterocycles. The molecule has 1 fully saturated rings. The van der Waals surface area contributed by atoms with Gasteiger partial charge in [-0.2, -0.15) is 0 Å². The van der Waals surface area contributed by atoms with Crippen molar-refractivity contribution >= 4 is 5.97 Å². The van der Waals surface area contributed by atoms with Crippen molar-refractivity contribution in [3.05, 3.63) is 42.0 Å². The van der Waals surface area contributed by atoms with Crippen LogP contribution in [0.1, 0.15) is 57.1 Å². The predicted octanol–water partition coefficient (Wildman–Crippen LogP) is 2.24. The molecule has 0 saturated heterocycles. The molecule has 1 saturated carbocycles. The fourth-order valence-electron chi connectivity index (χ4n) is 2.84. The van der Waals surface area contributed by atoms with E-state index < -0.39 is 11.7 Å². The van der Waals surface area contributed by atoms with Crippen molar-refractivity contribution in [2.75, 3.05) is 0 Å². The highest BCUT2D eigenvalue weighted by Gasteiger charge is 2.38. The minimum Gasteiger partial charge on any atom is -0.460 e. The number of pyridine rings is 1. The molecular weight excluding hydrogens is 320 g/mol. The van der Waals surface area contributed by atoms with Crippen LogP contribution in [0.25, 0.3) is 0 Å². The average Bonchev–Trinajstić information content (AvgIpc) is 2.93. The number of carbonyl (C=O) groups excluding carboxylic acids is 1. The minimum atomic E-state index is -0.706. The molecule has 0 spiro atoms. The summed E-state index contributed by atoms with van der Waals surface area (Å²) in [5, 5.41) is 18.5. The van der Waals surface area contributed by atoms with Gasteiger partial charge in [-0.15, -0.1) is 5.10 Å². The Morgan fingerprint density at radius 1 is 1.40 bits per heavy atom. The van der Waals surface area contributed by atoms with E-state index in [1.54, 1.807) is 16.9 Å². The van der Waals surface area contributed by atoms with E-state index in [9.17, 15) is 9.90 Å². The minimum absolute atomic E-state index is 0.0732. The van der Waals surface area contributed by atoms with Gasteiger partial charge in [0.2, 0.25) is 0 Å². The van der Waals surface area contributed by atoms with E-state index in [0.717, 1.165) is 0 Å². The average molecular weight is 344 g/mol. The third-order valence-electron chi connectivity index (χ3n) is 4.22. The van der Waals surface area contributed by atoms with Crippen LogP contribution in [0, 0.1) is 5.92 Å². The molecular formula is C18H24N4O3. The number of aliphatic hydroxyl groups excluding tert-OH is 1. The summed E-state index contributed by atoms with van der Waals surface area (Å²) in [6.07, 6.45) is 4.56. The normalized spacial score (nSPS) is 21.4. The van der Waals surface area contributed by atoms with Crippen LogP contribution in [0.3, 0.4) is 0 Å². The monoisotopic (exact) mass is 344 g/mol. The number of nitrogens with zero attached hydrogens (tertiary/aromatic N) is 4. The Balaban J connectivity index is 1.52. The first-order valence-corrected chi connectivity index (χ1v) is 8.54. The third-order valence-corrected chi connectivity index (χ3v) is 4.22. The highest BCUT2D eigenvalue weighted by Crippen LogP contribution is 2.38. The Kier molecular flexibility index (Phi) is 4.85. The molecule has 1 N–H and O–H groups in total. The van der Waals surface area contributed by atoms with Gasteiger partial charge >= 0.3 is 5.97 Å². The molecule has 0 aromatic carbocycles. The molecule has 1 unspecified atom stereocenters. The van der Waals surface area contributed by atoms with Crippen LogP contribution in [0.4, 0.5) is 0 Å². The van der Waals surface area contributed by atoms with Crippen molar-refractivity contribution < 1.29 is 14.6 Å². The van der Waals surface area contributed by atoms with Crippen LogP contribution in [0.15, 0.2) is 30.6 Å². The summed E-state index contributed by atoms with van der Waals surface area (Å²) in [7, 11) is 0. The molecule has 2 aromatic rings. The molecule has 7 heteroatoms.